The van der Waals surface area contributed by atoms with E-state index in [1.165, 1.54) is 4.57 Å². The second-order valence-electron chi connectivity index (χ2n) is 7.74. The van der Waals surface area contributed by atoms with Crippen LogP contribution in [0.3, 0.4) is 0 Å². The second-order valence-corrected chi connectivity index (χ2v) is 8.17. The van der Waals surface area contributed by atoms with Crippen LogP contribution < -0.4 is 16.1 Å². The first kappa shape index (κ1) is 21.2. The van der Waals surface area contributed by atoms with E-state index in [1.807, 2.05) is 34.6 Å². The summed E-state index contributed by atoms with van der Waals surface area (Å²) in [5.41, 5.74) is 0.594. The molecule has 0 unspecified atom stereocenters. The molecule has 4 rings (SSSR count). The maximum absolute atomic E-state index is 12.7. The third kappa shape index (κ3) is 4.10. The Morgan fingerprint density at radius 3 is 2.61 bits per heavy atom. The number of imidazole rings is 1. The van der Waals surface area contributed by atoms with E-state index in [2.05, 4.69) is 14.9 Å². The molecule has 0 radical (unpaired) electrons. The van der Waals surface area contributed by atoms with E-state index in [4.69, 9.17) is 11.6 Å². The zero-order chi connectivity index (χ0) is 22.1. The second kappa shape index (κ2) is 8.58. The van der Waals surface area contributed by atoms with Crippen LogP contribution in [0, 0.1) is 0 Å². The highest BCUT2D eigenvalue weighted by atomic mass is 35.5. The van der Waals surface area contributed by atoms with E-state index in [9.17, 15) is 14.4 Å². The Hall–Kier alpha value is -3.07. The zero-order valence-electron chi connectivity index (χ0n) is 17.6. The summed E-state index contributed by atoms with van der Waals surface area (Å²) >= 11 is 6.15. The van der Waals surface area contributed by atoms with E-state index < -0.39 is 11.2 Å². The molecule has 1 saturated heterocycles. The summed E-state index contributed by atoms with van der Waals surface area (Å²) in [6, 6.07) is 7.42. The smallest absolute Gasteiger partial charge is 0.329 e. The first-order valence-corrected chi connectivity index (χ1v) is 10.7. The Morgan fingerprint density at radius 1 is 1.19 bits per heavy atom. The van der Waals surface area contributed by atoms with Crippen molar-refractivity contribution in [3.63, 3.8) is 0 Å². The van der Waals surface area contributed by atoms with Gasteiger partial charge in [-0.25, -0.2) is 4.79 Å². The minimum Gasteiger partial charge on any atom is -0.339 e. The first-order valence-electron chi connectivity index (χ1n) is 10.4. The molecule has 1 aliphatic heterocycles. The lowest BCUT2D eigenvalue weighted by molar-refractivity contribution is -0.131. The Morgan fingerprint density at radius 2 is 1.94 bits per heavy atom. The fraction of sp³-hybridized carbons (Fsp3) is 0.429. The number of H-pyrrole nitrogens is 1. The number of piperazine rings is 1. The quantitative estimate of drug-likeness (QED) is 0.644. The van der Waals surface area contributed by atoms with Gasteiger partial charge in [-0.05, 0) is 24.1 Å². The Kier molecular flexibility index (Phi) is 5.86. The number of aromatic nitrogens is 4. The molecule has 164 valence electrons. The minimum absolute atomic E-state index is 0.161. The van der Waals surface area contributed by atoms with Gasteiger partial charge in [-0.3, -0.25) is 23.7 Å². The van der Waals surface area contributed by atoms with Crippen LogP contribution in [0.2, 0.25) is 5.02 Å². The summed E-state index contributed by atoms with van der Waals surface area (Å²) in [6.07, 6.45) is 1.37. The fourth-order valence-electron chi connectivity index (χ4n) is 3.96. The van der Waals surface area contributed by atoms with Crippen LogP contribution in [0.15, 0.2) is 33.9 Å². The third-order valence-electron chi connectivity index (χ3n) is 5.60. The molecule has 1 N–H and O–H groups in total. The fourth-order valence-corrected chi connectivity index (χ4v) is 4.17. The predicted molar refractivity (Wildman–Crippen MR) is 120 cm³/mol. The van der Waals surface area contributed by atoms with E-state index in [-0.39, 0.29) is 5.91 Å². The number of carbonyl (C=O) groups excluding carboxylic acids is 1. The number of anilines is 1. The molecule has 1 aliphatic rings. The highest BCUT2D eigenvalue weighted by Gasteiger charge is 2.26. The van der Waals surface area contributed by atoms with Crippen LogP contribution in [-0.4, -0.2) is 56.1 Å². The van der Waals surface area contributed by atoms with Crippen molar-refractivity contribution >= 4 is 34.6 Å². The number of nitrogens with one attached hydrogen (secondary N) is 1. The molecule has 1 amide bonds. The molecule has 1 aromatic carbocycles. The molecule has 3 heterocycles. The van der Waals surface area contributed by atoms with E-state index in [1.54, 1.807) is 13.1 Å². The molecule has 1 fully saturated rings. The van der Waals surface area contributed by atoms with Crippen LogP contribution in [0.25, 0.3) is 11.2 Å². The molecule has 0 atom stereocenters. The molecular formula is C21H25ClN6O3. The number of rotatable bonds is 5. The first-order chi connectivity index (χ1) is 14.9. The largest absolute Gasteiger partial charge is 0.339 e. The van der Waals surface area contributed by atoms with E-state index >= 15 is 0 Å². The standard InChI is InChI=1S/C21H25ClN6O3/c1-3-5-16(29)26-8-10-27(11-9-26)20-23-18-17(19(30)24-21(31)25(18)2)28(20)13-14-6-4-7-15(22)12-14/h4,6-7,12H,3,5,8-11,13H2,1-2H3,(H,24,30,31). The number of hydrogen-bond donors (Lipinski definition) is 1. The van der Waals surface area contributed by atoms with Crippen LogP contribution in [0.4, 0.5) is 5.95 Å². The summed E-state index contributed by atoms with van der Waals surface area (Å²) in [5, 5.41) is 0.604. The summed E-state index contributed by atoms with van der Waals surface area (Å²) in [5.74, 6) is 0.762. The Labute approximate surface area is 183 Å². The van der Waals surface area contributed by atoms with Gasteiger partial charge in [0.15, 0.2) is 11.2 Å². The number of nitrogens with zero attached hydrogens (tertiary/aromatic N) is 5. The molecule has 0 aliphatic carbocycles. The van der Waals surface area contributed by atoms with Crippen LogP contribution in [0.5, 0.6) is 0 Å². The van der Waals surface area contributed by atoms with Gasteiger partial charge < -0.3 is 9.80 Å². The van der Waals surface area contributed by atoms with Crippen molar-refractivity contribution in [2.75, 3.05) is 31.1 Å². The summed E-state index contributed by atoms with van der Waals surface area (Å²) in [4.78, 5) is 48.0. The molecule has 0 bridgehead atoms. The number of fused-ring (bicyclic) bond motifs is 1. The predicted octanol–water partition coefficient (Wildman–Crippen LogP) is 1.57. The van der Waals surface area contributed by atoms with Crippen molar-refractivity contribution in [1.82, 2.24) is 24.0 Å². The molecule has 3 aromatic rings. The Balaban J connectivity index is 1.75. The van der Waals surface area contributed by atoms with Crippen LogP contribution in [-0.2, 0) is 18.4 Å². The summed E-state index contributed by atoms with van der Waals surface area (Å²) in [6.45, 7) is 4.75. The van der Waals surface area contributed by atoms with Crippen LogP contribution >= 0.6 is 11.6 Å². The molecule has 0 spiro atoms. The maximum atomic E-state index is 12.7. The molecule has 10 heteroatoms. The normalized spacial score (nSPS) is 14.4. The zero-order valence-corrected chi connectivity index (χ0v) is 18.4. The van der Waals surface area contributed by atoms with E-state index in [0.717, 1.165) is 12.0 Å². The van der Waals surface area contributed by atoms with Gasteiger partial charge in [-0.1, -0.05) is 30.7 Å². The van der Waals surface area contributed by atoms with Gasteiger partial charge in [-0.2, -0.15) is 4.98 Å². The van der Waals surface area contributed by atoms with Gasteiger partial charge in [0.2, 0.25) is 11.9 Å². The van der Waals surface area contributed by atoms with Gasteiger partial charge in [-0.15, -0.1) is 0 Å². The number of amides is 1. The minimum atomic E-state index is -0.508. The third-order valence-corrected chi connectivity index (χ3v) is 5.83. The van der Waals surface area contributed by atoms with Gasteiger partial charge in [0.05, 0.1) is 6.54 Å². The average molecular weight is 445 g/mol. The van der Waals surface area contributed by atoms with E-state index in [0.29, 0.717) is 61.3 Å². The van der Waals surface area contributed by atoms with Crippen molar-refractivity contribution < 1.29 is 4.79 Å². The van der Waals surface area contributed by atoms with Gasteiger partial charge in [0.25, 0.3) is 5.56 Å². The number of aromatic amines is 1. The highest BCUT2D eigenvalue weighted by Crippen LogP contribution is 2.23. The lowest BCUT2D eigenvalue weighted by atomic mass is 10.2. The van der Waals surface area contributed by atoms with Crippen LogP contribution in [0.1, 0.15) is 25.3 Å². The summed E-state index contributed by atoms with van der Waals surface area (Å²) in [7, 11) is 1.59. The number of benzene rings is 1. The number of halogens is 1. The molecule has 31 heavy (non-hydrogen) atoms. The summed E-state index contributed by atoms with van der Waals surface area (Å²) < 4.78 is 3.17. The van der Waals surface area contributed by atoms with Crippen molar-refractivity contribution in [2.45, 2.75) is 26.3 Å². The maximum Gasteiger partial charge on any atom is 0.329 e. The topological polar surface area (TPSA) is 96.2 Å². The lowest BCUT2D eigenvalue weighted by Gasteiger charge is -2.35. The SMILES string of the molecule is CCCC(=O)N1CCN(c2nc3c(c(=O)[nH]c(=O)n3C)n2Cc2cccc(Cl)c2)CC1. The van der Waals surface area contributed by atoms with Crippen molar-refractivity contribution in [3.8, 4) is 0 Å². The number of hydrogen-bond acceptors (Lipinski definition) is 5. The lowest BCUT2D eigenvalue weighted by Crippen LogP contribution is -2.49. The number of carbonyl (C=O) groups is 1. The monoisotopic (exact) mass is 444 g/mol. The number of aryl methyl sites for hydroxylation is 1. The Bertz CT molecular complexity index is 1240. The molecule has 2 aromatic heterocycles. The van der Waals surface area contributed by atoms with Crippen molar-refractivity contribution in [1.29, 1.82) is 0 Å². The molecule has 0 saturated carbocycles. The van der Waals surface area contributed by atoms with Gasteiger partial charge in [0.1, 0.15) is 0 Å². The van der Waals surface area contributed by atoms with Crippen molar-refractivity contribution in [2.24, 2.45) is 7.05 Å². The van der Waals surface area contributed by atoms with Crippen molar-refractivity contribution in [3.05, 3.63) is 55.7 Å². The average Bonchev–Trinajstić information content (AvgIpc) is 3.12. The highest BCUT2D eigenvalue weighted by molar-refractivity contribution is 6.30. The van der Waals surface area contributed by atoms with Gasteiger partial charge >= 0.3 is 5.69 Å². The molecule has 9 nitrogen and oxygen atoms in total. The van der Waals surface area contributed by atoms with Gasteiger partial charge in [0, 0.05) is 44.7 Å². The molecular weight excluding hydrogens is 420 g/mol.